The molecular formula is C22H32IN5O3. The number of carbonyl (C=O) groups excluding carboxylic acids is 1. The number of hydrogen-bond acceptors (Lipinski definition) is 5. The number of methoxy groups -OCH3 is 2. The number of halogens is 1. The lowest BCUT2D eigenvalue weighted by Gasteiger charge is -2.18. The molecule has 0 radical (unpaired) electrons. The van der Waals surface area contributed by atoms with Gasteiger partial charge in [0.25, 0.3) is 0 Å². The molecule has 0 unspecified atom stereocenters. The quantitative estimate of drug-likeness (QED) is 0.272. The molecule has 1 aromatic heterocycles. The average molecular weight is 541 g/mol. The first kappa shape index (κ1) is 26.5. The number of pyridine rings is 1. The molecule has 0 saturated carbocycles. The van der Waals surface area contributed by atoms with Gasteiger partial charge in [0.05, 0.1) is 20.8 Å². The van der Waals surface area contributed by atoms with E-state index in [1.807, 2.05) is 36.4 Å². The summed E-state index contributed by atoms with van der Waals surface area (Å²) in [7, 11) is 6.71. The van der Waals surface area contributed by atoms with Gasteiger partial charge in [0.2, 0.25) is 5.91 Å². The Morgan fingerprint density at radius 1 is 1.10 bits per heavy atom. The maximum atomic E-state index is 12.3. The maximum Gasteiger partial charge on any atom is 0.241 e. The van der Waals surface area contributed by atoms with Crippen LogP contribution < -0.4 is 20.1 Å². The van der Waals surface area contributed by atoms with E-state index in [9.17, 15) is 4.79 Å². The number of benzene rings is 1. The van der Waals surface area contributed by atoms with Crippen molar-refractivity contribution in [2.24, 2.45) is 4.99 Å². The van der Waals surface area contributed by atoms with Crippen molar-refractivity contribution in [3.8, 4) is 11.5 Å². The van der Waals surface area contributed by atoms with Crippen LogP contribution in [0.5, 0.6) is 11.5 Å². The van der Waals surface area contributed by atoms with E-state index in [0.29, 0.717) is 30.5 Å². The van der Waals surface area contributed by atoms with E-state index in [4.69, 9.17) is 9.47 Å². The first-order chi connectivity index (χ1) is 14.6. The van der Waals surface area contributed by atoms with E-state index < -0.39 is 0 Å². The molecule has 170 valence electrons. The van der Waals surface area contributed by atoms with Crippen LogP contribution in [0.15, 0.2) is 47.6 Å². The third-order valence-electron chi connectivity index (χ3n) is 4.64. The van der Waals surface area contributed by atoms with E-state index in [1.54, 1.807) is 39.4 Å². The Morgan fingerprint density at radius 2 is 1.87 bits per heavy atom. The zero-order valence-electron chi connectivity index (χ0n) is 18.6. The maximum absolute atomic E-state index is 12.3. The Bertz CT molecular complexity index is 833. The summed E-state index contributed by atoms with van der Waals surface area (Å²) in [4.78, 5) is 22.5. The molecule has 9 heteroatoms. The summed E-state index contributed by atoms with van der Waals surface area (Å²) in [6.45, 7) is 1.45. The van der Waals surface area contributed by atoms with Crippen LogP contribution in [-0.4, -0.2) is 69.7 Å². The van der Waals surface area contributed by atoms with Crippen LogP contribution >= 0.6 is 24.0 Å². The molecule has 0 spiro atoms. The molecule has 0 aliphatic rings. The number of amides is 1. The molecular weight excluding hydrogens is 509 g/mol. The van der Waals surface area contributed by atoms with Gasteiger partial charge in [0.1, 0.15) is 0 Å². The van der Waals surface area contributed by atoms with Gasteiger partial charge in [-0.3, -0.25) is 14.8 Å². The zero-order valence-corrected chi connectivity index (χ0v) is 20.9. The molecule has 2 aromatic rings. The molecule has 1 amide bonds. The molecule has 0 atom stereocenters. The van der Waals surface area contributed by atoms with E-state index in [2.05, 4.69) is 20.6 Å². The first-order valence-electron chi connectivity index (χ1n) is 9.86. The summed E-state index contributed by atoms with van der Waals surface area (Å²) < 4.78 is 10.6. The van der Waals surface area contributed by atoms with E-state index in [0.717, 1.165) is 24.1 Å². The van der Waals surface area contributed by atoms with Crippen LogP contribution in [0.3, 0.4) is 0 Å². The SMILES string of the molecule is CN=C(NCCc1ccc(OC)c(OC)c1)NCC(=O)N(C)CCc1ccccn1.I. The molecule has 2 rings (SSSR count). The van der Waals surface area contributed by atoms with Gasteiger partial charge in [0.15, 0.2) is 17.5 Å². The van der Waals surface area contributed by atoms with Crippen LogP contribution in [0, 0.1) is 0 Å². The van der Waals surface area contributed by atoms with Gasteiger partial charge >= 0.3 is 0 Å². The van der Waals surface area contributed by atoms with E-state index >= 15 is 0 Å². The molecule has 0 fully saturated rings. The molecule has 2 N–H and O–H groups in total. The molecule has 31 heavy (non-hydrogen) atoms. The molecule has 0 bridgehead atoms. The normalized spacial score (nSPS) is 10.6. The average Bonchev–Trinajstić information content (AvgIpc) is 2.79. The summed E-state index contributed by atoms with van der Waals surface area (Å²) in [5.41, 5.74) is 2.08. The van der Waals surface area contributed by atoms with Gasteiger partial charge in [-0.15, -0.1) is 24.0 Å². The highest BCUT2D eigenvalue weighted by Gasteiger charge is 2.10. The van der Waals surface area contributed by atoms with Crippen molar-refractivity contribution in [1.82, 2.24) is 20.5 Å². The largest absolute Gasteiger partial charge is 0.493 e. The number of guanidine groups is 1. The molecule has 1 heterocycles. The van der Waals surface area contributed by atoms with E-state index in [-0.39, 0.29) is 36.4 Å². The second-order valence-electron chi connectivity index (χ2n) is 6.68. The van der Waals surface area contributed by atoms with Crippen LogP contribution in [0.2, 0.25) is 0 Å². The van der Waals surface area contributed by atoms with Crippen molar-refractivity contribution < 1.29 is 14.3 Å². The van der Waals surface area contributed by atoms with Gasteiger partial charge < -0.3 is 25.0 Å². The Hall–Kier alpha value is -2.56. The summed E-state index contributed by atoms with van der Waals surface area (Å²) in [5.74, 6) is 1.99. The van der Waals surface area contributed by atoms with Crippen LogP contribution in [-0.2, 0) is 17.6 Å². The highest BCUT2D eigenvalue weighted by molar-refractivity contribution is 14.0. The van der Waals surface area contributed by atoms with Crippen LogP contribution in [0.1, 0.15) is 11.3 Å². The van der Waals surface area contributed by atoms with Crippen LogP contribution in [0.25, 0.3) is 0 Å². The Labute approximate surface area is 201 Å². The van der Waals surface area contributed by atoms with Gasteiger partial charge in [-0.05, 0) is 36.2 Å². The van der Waals surface area contributed by atoms with Crippen molar-refractivity contribution in [2.45, 2.75) is 12.8 Å². The van der Waals surface area contributed by atoms with Gasteiger partial charge in [0, 0.05) is 45.5 Å². The fourth-order valence-corrected chi connectivity index (χ4v) is 2.83. The number of nitrogens with one attached hydrogen (secondary N) is 2. The second-order valence-corrected chi connectivity index (χ2v) is 6.68. The van der Waals surface area contributed by atoms with Gasteiger partial charge in [-0.25, -0.2) is 0 Å². The number of rotatable bonds is 10. The van der Waals surface area contributed by atoms with Crippen molar-refractivity contribution in [2.75, 3.05) is 47.9 Å². The van der Waals surface area contributed by atoms with Crippen molar-refractivity contribution >= 4 is 35.8 Å². The molecule has 0 aliphatic carbocycles. The van der Waals surface area contributed by atoms with E-state index in [1.165, 1.54) is 0 Å². The smallest absolute Gasteiger partial charge is 0.241 e. The third kappa shape index (κ3) is 8.99. The number of ether oxygens (including phenoxy) is 2. The predicted octanol–water partition coefficient (Wildman–Crippen LogP) is 2.13. The lowest BCUT2D eigenvalue weighted by molar-refractivity contribution is -0.128. The minimum absolute atomic E-state index is 0. The predicted molar refractivity (Wildman–Crippen MR) is 134 cm³/mol. The summed E-state index contributed by atoms with van der Waals surface area (Å²) in [6.07, 6.45) is 3.26. The first-order valence-corrected chi connectivity index (χ1v) is 9.86. The monoisotopic (exact) mass is 541 g/mol. The number of aliphatic imine (C=N–C) groups is 1. The Kier molecular flexibility index (Phi) is 12.3. The van der Waals surface area contributed by atoms with Gasteiger partial charge in [-0.1, -0.05) is 12.1 Å². The number of hydrogen-bond donors (Lipinski definition) is 2. The van der Waals surface area contributed by atoms with Crippen molar-refractivity contribution in [3.05, 3.63) is 53.9 Å². The fraction of sp³-hybridized carbons (Fsp3) is 0.409. The lowest BCUT2D eigenvalue weighted by Crippen LogP contribution is -2.44. The number of nitrogens with zero attached hydrogens (tertiary/aromatic N) is 3. The highest BCUT2D eigenvalue weighted by atomic mass is 127. The number of carbonyl (C=O) groups is 1. The topological polar surface area (TPSA) is 88.1 Å². The fourth-order valence-electron chi connectivity index (χ4n) is 2.83. The molecule has 0 aliphatic heterocycles. The third-order valence-corrected chi connectivity index (χ3v) is 4.64. The minimum Gasteiger partial charge on any atom is -0.493 e. The zero-order chi connectivity index (χ0) is 21.8. The number of aromatic nitrogens is 1. The lowest BCUT2D eigenvalue weighted by atomic mass is 10.1. The minimum atomic E-state index is -0.00577. The highest BCUT2D eigenvalue weighted by Crippen LogP contribution is 2.27. The van der Waals surface area contributed by atoms with Crippen LogP contribution in [0.4, 0.5) is 0 Å². The summed E-state index contributed by atoms with van der Waals surface area (Å²) >= 11 is 0. The summed E-state index contributed by atoms with van der Waals surface area (Å²) in [6, 6.07) is 11.6. The van der Waals surface area contributed by atoms with Crippen molar-refractivity contribution in [1.29, 1.82) is 0 Å². The van der Waals surface area contributed by atoms with Gasteiger partial charge in [-0.2, -0.15) is 0 Å². The molecule has 8 nitrogen and oxygen atoms in total. The molecule has 1 aromatic carbocycles. The Balaban J connectivity index is 0.00000480. The Morgan fingerprint density at radius 3 is 2.52 bits per heavy atom. The van der Waals surface area contributed by atoms with Crippen molar-refractivity contribution in [3.63, 3.8) is 0 Å². The summed E-state index contributed by atoms with van der Waals surface area (Å²) in [5, 5.41) is 6.28. The standard InChI is InChI=1S/C22H31N5O3.HI/c1-23-22(25-13-10-17-8-9-19(29-3)20(15-17)30-4)26-16-21(28)27(2)14-11-18-7-5-6-12-24-18;/h5-9,12,15H,10-11,13-14,16H2,1-4H3,(H2,23,25,26);1H. The number of likely N-dealkylation sites (N-methyl/N-ethyl adjacent to an activating group) is 1. The second kappa shape index (κ2) is 14.4. The molecule has 0 saturated heterocycles.